The molecule has 74 valence electrons. The first-order valence-corrected chi connectivity index (χ1v) is 5.13. The molecule has 0 aromatic carbocycles. The molecule has 0 spiro atoms. The summed E-state index contributed by atoms with van der Waals surface area (Å²) in [6.45, 7) is 4.58. The Morgan fingerprint density at radius 1 is 1.31 bits per heavy atom. The van der Waals surface area contributed by atoms with Crippen molar-refractivity contribution in [1.29, 1.82) is 0 Å². The Bertz CT molecular complexity index is 178. The second kappa shape index (κ2) is 6.66. The molecule has 1 saturated heterocycles. The first-order chi connectivity index (χ1) is 6.43. The highest BCUT2D eigenvalue weighted by atomic mass is 15.1. The molecular formula is C10H19N3. The van der Waals surface area contributed by atoms with Gasteiger partial charge in [0.1, 0.15) is 0 Å². The molecule has 0 unspecified atom stereocenters. The lowest BCUT2D eigenvalue weighted by Gasteiger charge is -2.08. The molecule has 3 heteroatoms. The van der Waals surface area contributed by atoms with Crippen LogP contribution in [0.2, 0.25) is 0 Å². The second-order valence-corrected chi connectivity index (χ2v) is 3.23. The van der Waals surface area contributed by atoms with Gasteiger partial charge in [-0.05, 0) is 38.4 Å². The van der Waals surface area contributed by atoms with Gasteiger partial charge in [0, 0.05) is 6.20 Å². The number of hydrogen-bond acceptors (Lipinski definition) is 2. The monoisotopic (exact) mass is 181 g/mol. The first-order valence-electron chi connectivity index (χ1n) is 5.13. The standard InChI is InChI=1S/C5H8N2.C5H11N/c1-2-5-3-4-6-7-5;1-2-4-6-5-3-1/h3-4H,2H2,1H3,(H,6,7);6H,1-5H2. The molecule has 0 aliphatic carbocycles. The fraction of sp³-hybridized carbons (Fsp3) is 0.700. The lowest BCUT2D eigenvalue weighted by Crippen LogP contribution is -2.21. The van der Waals surface area contributed by atoms with Gasteiger partial charge < -0.3 is 5.32 Å². The SMILES string of the molecule is C1CCNCC1.CCc1cc[nH]n1. The van der Waals surface area contributed by atoms with Gasteiger partial charge in [0.15, 0.2) is 0 Å². The van der Waals surface area contributed by atoms with Crippen LogP contribution in [0, 0.1) is 0 Å². The lowest BCUT2D eigenvalue weighted by atomic mass is 10.2. The van der Waals surface area contributed by atoms with Gasteiger partial charge in [-0.25, -0.2) is 0 Å². The first kappa shape index (κ1) is 10.3. The fourth-order valence-corrected chi connectivity index (χ4v) is 1.29. The normalized spacial score (nSPS) is 16.1. The molecule has 13 heavy (non-hydrogen) atoms. The van der Waals surface area contributed by atoms with E-state index >= 15 is 0 Å². The number of H-pyrrole nitrogens is 1. The molecular weight excluding hydrogens is 162 g/mol. The van der Waals surface area contributed by atoms with E-state index in [0.717, 1.165) is 12.1 Å². The highest BCUT2D eigenvalue weighted by Crippen LogP contribution is 1.96. The van der Waals surface area contributed by atoms with Crippen molar-refractivity contribution in [1.82, 2.24) is 15.5 Å². The molecule has 1 aromatic heterocycles. The molecule has 2 N–H and O–H groups in total. The Hall–Kier alpha value is -0.830. The van der Waals surface area contributed by atoms with Crippen LogP contribution in [0.3, 0.4) is 0 Å². The molecule has 0 amide bonds. The maximum Gasteiger partial charge on any atom is 0.0619 e. The minimum absolute atomic E-state index is 1.02. The van der Waals surface area contributed by atoms with E-state index in [2.05, 4.69) is 22.4 Å². The summed E-state index contributed by atoms with van der Waals surface area (Å²) >= 11 is 0. The minimum atomic E-state index is 1.02. The average Bonchev–Trinajstić information content (AvgIpc) is 2.74. The Labute approximate surface area is 79.9 Å². The molecule has 3 nitrogen and oxygen atoms in total. The number of aromatic amines is 1. The smallest absolute Gasteiger partial charge is 0.0619 e. The number of piperidine rings is 1. The number of nitrogens with one attached hydrogen (secondary N) is 2. The van der Waals surface area contributed by atoms with Gasteiger partial charge in [-0.3, -0.25) is 5.10 Å². The zero-order chi connectivity index (χ0) is 9.36. The topological polar surface area (TPSA) is 40.7 Å². The third kappa shape index (κ3) is 4.68. The van der Waals surface area contributed by atoms with Crippen LogP contribution in [-0.4, -0.2) is 23.3 Å². The molecule has 2 heterocycles. The molecule has 1 aliphatic rings. The van der Waals surface area contributed by atoms with Gasteiger partial charge in [-0.1, -0.05) is 13.3 Å². The van der Waals surface area contributed by atoms with Crippen molar-refractivity contribution in [2.45, 2.75) is 32.6 Å². The van der Waals surface area contributed by atoms with Crippen LogP contribution in [0.25, 0.3) is 0 Å². The summed E-state index contributed by atoms with van der Waals surface area (Å²) in [5, 5.41) is 9.93. The van der Waals surface area contributed by atoms with Crippen LogP contribution in [-0.2, 0) is 6.42 Å². The van der Waals surface area contributed by atoms with Crippen molar-refractivity contribution in [3.8, 4) is 0 Å². The maximum absolute atomic E-state index is 3.91. The van der Waals surface area contributed by atoms with Gasteiger partial charge in [-0.15, -0.1) is 0 Å². The van der Waals surface area contributed by atoms with E-state index in [-0.39, 0.29) is 0 Å². The van der Waals surface area contributed by atoms with Crippen molar-refractivity contribution in [2.75, 3.05) is 13.1 Å². The highest BCUT2D eigenvalue weighted by molar-refractivity contribution is 4.95. The number of aryl methyl sites for hydroxylation is 1. The predicted molar refractivity (Wildman–Crippen MR) is 54.7 cm³/mol. The zero-order valence-electron chi connectivity index (χ0n) is 8.34. The van der Waals surface area contributed by atoms with E-state index in [0.29, 0.717) is 0 Å². The van der Waals surface area contributed by atoms with E-state index < -0.39 is 0 Å². The molecule has 2 rings (SSSR count). The van der Waals surface area contributed by atoms with Gasteiger partial charge >= 0.3 is 0 Å². The number of rotatable bonds is 1. The van der Waals surface area contributed by atoms with Crippen LogP contribution in [0.4, 0.5) is 0 Å². The van der Waals surface area contributed by atoms with Crippen molar-refractivity contribution in [3.05, 3.63) is 18.0 Å². The maximum atomic E-state index is 3.91. The summed E-state index contributed by atoms with van der Waals surface area (Å²) in [6.07, 6.45) is 7.06. The zero-order valence-corrected chi connectivity index (χ0v) is 8.34. The number of hydrogen-bond donors (Lipinski definition) is 2. The van der Waals surface area contributed by atoms with Crippen molar-refractivity contribution < 1.29 is 0 Å². The molecule has 0 atom stereocenters. The quantitative estimate of drug-likeness (QED) is 0.692. The summed E-state index contributed by atoms with van der Waals surface area (Å²) in [6, 6.07) is 1.97. The van der Waals surface area contributed by atoms with E-state index in [9.17, 15) is 0 Å². The van der Waals surface area contributed by atoms with Crippen LogP contribution in [0.5, 0.6) is 0 Å². The third-order valence-corrected chi connectivity index (χ3v) is 2.13. The van der Waals surface area contributed by atoms with E-state index in [1.165, 1.54) is 32.4 Å². The lowest BCUT2D eigenvalue weighted by molar-refractivity contribution is 0.520. The van der Waals surface area contributed by atoms with E-state index in [1.54, 1.807) is 0 Å². The van der Waals surface area contributed by atoms with Crippen molar-refractivity contribution in [2.24, 2.45) is 0 Å². The minimum Gasteiger partial charge on any atom is -0.317 e. The van der Waals surface area contributed by atoms with Crippen LogP contribution in [0.1, 0.15) is 31.9 Å². The third-order valence-electron chi connectivity index (χ3n) is 2.13. The molecule has 1 fully saturated rings. The summed E-state index contributed by atoms with van der Waals surface area (Å²) in [5.41, 5.74) is 1.12. The fourth-order valence-electron chi connectivity index (χ4n) is 1.29. The van der Waals surface area contributed by atoms with Gasteiger partial charge in [0.05, 0.1) is 5.69 Å². The molecule has 1 aromatic rings. The second-order valence-electron chi connectivity index (χ2n) is 3.23. The van der Waals surface area contributed by atoms with Crippen LogP contribution >= 0.6 is 0 Å². The Morgan fingerprint density at radius 2 is 2.08 bits per heavy atom. The largest absolute Gasteiger partial charge is 0.317 e. The Morgan fingerprint density at radius 3 is 2.31 bits per heavy atom. The molecule has 1 aliphatic heterocycles. The number of nitrogens with zero attached hydrogens (tertiary/aromatic N) is 1. The van der Waals surface area contributed by atoms with Gasteiger partial charge in [-0.2, -0.15) is 5.10 Å². The highest BCUT2D eigenvalue weighted by Gasteiger charge is 1.93. The van der Waals surface area contributed by atoms with Gasteiger partial charge in [0.2, 0.25) is 0 Å². The summed E-state index contributed by atoms with van der Waals surface area (Å²) in [7, 11) is 0. The van der Waals surface area contributed by atoms with Crippen molar-refractivity contribution in [3.63, 3.8) is 0 Å². The van der Waals surface area contributed by atoms with E-state index in [1.807, 2.05) is 12.3 Å². The van der Waals surface area contributed by atoms with Crippen LogP contribution in [0.15, 0.2) is 12.3 Å². The summed E-state index contributed by atoms with van der Waals surface area (Å²) < 4.78 is 0. The summed E-state index contributed by atoms with van der Waals surface area (Å²) in [4.78, 5) is 0. The average molecular weight is 181 g/mol. The van der Waals surface area contributed by atoms with Gasteiger partial charge in [0.25, 0.3) is 0 Å². The Balaban J connectivity index is 0.000000132. The summed E-state index contributed by atoms with van der Waals surface area (Å²) in [5.74, 6) is 0. The van der Waals surface area contributed by atoms with Crippen LogP contribution < -0.4 is 5.32 Å². The van der Waals surface area contributed by atoms with Crippen molar-refractivity contribution >= 4 is 0 Å². The molecule has 0 saturated carbocycles. The van der Waals surface area contributed by atoms with E-state index in [4.69, 9.17) is 0 Å². The predicted octanol–water partition coefficient (Wildman–Crippen LogP) is 1.73. The Kier molecular flexibility index (Phi) is 5.25. The molecule has 0 bridgehead atoms. The molecule has 0 radical (unpaired) electrons. The number of aromatic nitrogens is 2.